The van der Waals surface area contributed by atoms with Crippen LogP contribution in [0.15, 0.2) is 29.1 Å². The molecule has 0 spiro atoms. The Morgan fingerprint density at radius 2 is 2.14 bits per heavy atom. The fraction of sp³-hybridized carbons (Fsp3) is 0.200. The molecule has 14 heavy (non-hydrogen) atoms. The molecule has 0 aliphatic heterocycles. The van der Waals surface area contributed by atoms with Crippen molar-refractivity contribution in [1.29, 1.82) is 0 Å². The number of nitrogens with zero attached hydrogens (tertiary/aromatic N) is 2. The van der Waals surface area contributed by atoms with Crippen LogP contribution in [0.3, 0.4) is 0 Å². The van der Waals surface area contributed by atoms with Crippen LogP contribution in [-0.2, 0) is 13.7 Å². The second kappa shape index (κ2) is 3.23. The Bertz CT molecular complexity index is 531. The zero-order valence-electron chi connectivity index (χ0n) is 7.77. The van der Waals surface area contributed by atoms with Crippen molar-refractivity contribution in [1.82, 2.24) is 9.55 Å². The van der Waals surface area contributed by atoms with Crippen LogP contribution in [0, 0.1) is 0 Å². The Morgan fingerprint density at radius 3 is 2.86 bits per heavy atom. The van der Waals surface area contributed by atoms with Gasteiger partial charge in [0.25, 0.3) is 5.56 Å². The minimum Gasteiger partial charge on any atom is -0.388 e. The smallest absolute Gasteiger partial charge is 0.261 e. The summed E-state index contributed by atoms with van der Waals surface area (Å²) < 4.78 is 1.36. The number of hydrogen-bond donors (Lipinski definition) is 1. The van der Waals surface area contributed by atoms with Gasteiger partial charge in [0.1, 0.15) is 12.4 Å². The third-order valence-electron chi connectivity index (χ3n) is 2.22. The van der Waals surface area contributed by atoms with Crippen LogP contribution in [0.1, 0.15) is 5.82 Å². The summed E-state index contributed by atoms with van der Waals surface area (Å²) in [7, 11) is 1.60. The molecule has 1 heterocycles. The summed E-state index contributed by atoms with van der Waals surface area (Å²) in [5.74, 6) is 0.383. The van der Waals surface area contributed by atoms with Crippen LogP contribution >= 0.6 is 0 Å². The van der Waals surface area contributed by atoms with E-state index in [1.54, 1.807) is 25.2 Å². The Kier molecular flexibility index (Phi) is 2.05. The maximum atomic E-state index is 11.7. The molecule has 0 unspecified atom stereocenters. The highest BCUT2D eigenvalue weighted by Crippen LogP contribution is 2.06. The zero-order valence-corrected chi connectivity index (χ0v) is 7.77. The van der Waals surface area contributed by atoms with E-state index in [4.69, 9.17) is 5.11 Å². The summed E-state index contributed by atoms with van der Waals surface area (Å²) in [5.41, 5.74) is 0.499. The van der Waals surface area contributed by atoms with Crippen LogP contribution in [0.4, 0.5) is 0 Å². The van der Waals surface area contributed by atoms with E-state index in [9.17, 15) is 4.79 Å². The number of hydrogen-bond acceptors (Lipinski definition) is 3. The molecule has 0 amide bonds. The van der Waals surface area contributed by atoms with Gasteiger partial charge in [0.2, 0.25) is 0 Å². The largest absolute Gasteiger partial charge is 0.388 e. The Labute approximate surface area is 80.4 Å². The summed E-state index contributed by atoms with van der Waals surface area (Å²) >= 11 is 0. The predicted molar refractivity (Wildman–Crippen MR) is 52.9 cm³/mol. The topological polar surface area (TPSA) is 55.1 Å². The number of fused-ring (bicyclic) bond motifs is 1. The van der Waals surface area contributed by atoms with Crippen LogP contribution in [0.5, 0.6) is 0 Å². The summed E-state index contributed by atoms with van der Waals surface area (Å²) in [6, 6.07) is 7.10. The molecule has 0 saturated heterocycles. The van der Waals surface area contributed by atoms with Crippen LogP contribution in [0.2, 0.25) is 0 Å². The lowest BCUT2D eigenvalue weighted by atomic mass is 10.2. The summed E-state index contributed by atoms with van der Waals surface area (Å²) in [6.07, 6.45) is 0. The normalized spacial score (nSPS) is 10.7. The maximum Gasteiger partial charge on any atom is 0.261 e. The second-order valence-corrected chi connectivity index (χ2v) is 3.07. The first-order valence-corrected chi connectivity index (χ1v) is 4.29. The number of aliphatic hydroxyl groups excluding tert-OH is 1. The van der Waals surface area contributed by atoms with Crippen LogP contribution < -0.4 is 5.56 Å². The van der Waals surface area contributed by atoms with Crippen molar-refractivity contribution in [2.24, 2.45) is 7.05 Å². The lowest BCUT2D eigenvalue weighted by molar-refractivity contribution is 0.265. The highest BCUT2D eigenvalue weighted by atomic mass is 16.3. The third-order valence-corrected chi connectivity index (χ3v) is 2.22. The highest BCUT2D eigenvalue weighted by molar-refractivity contribution is 5.77. The second-order valence-electron chi connectivity index (χ2n) is 3.07. The summed E-state index contributed by atoms with van der Waals surface area (Å²) in [4.78, 5) is 15.9. The van der Waals surface area contributed by atoms with E-state index in [1.165, 1.54) is 4.57 Å². The Hall–Kier alpha value is -1.68. The number of aliphatic hydroxyl groups is 1. The Morgan fingerprint density at radius 1 is 1.43 bits per heavy atom. The van der Waals surface area contributed by atoms with Gasteiger partial charge in [-0.1, -0.05) is 12.1 Å². The van der Waals surface area contributed by atoms with Gasteiger partial charge in [-0.3, -0.25) is 9.36 Å². The molecule has 1 N–H and O–H groups in total. The van der Waals surface area contributed by atoms with Crippen molar-refractivity contribution in [3.63, 3.8) is 0 Å². The first-order valence-electron chi connectivity index (χ1n) is 4.29. The molecule has 0 bridgehead atoms. The highest BCUT2D eigenvalue weighted by Gasteiger charge is 2.05. The average Bonchev–Trinajstić information content (AvgIpc) is 2.23. The van der Waals surface area contributed by atoms with Gasteiger partial charge in [-0.05, 0) is 12.1 Å². The van der Waals surface area contributed by atoms with Crippen molar-refractivity contribution in [3.8, 4) is 0 Å². The van der Waals surface area contributed by atoms with E-state index in [0.29, 0.717) is 16.7 Å². The SMILES string of the molecule is Cn1c(CO)nc2ccccc2c1=O. The number of benzene rings is 1. The van der Waals surface area contributed by atoms with Gasteiger partial charge in [-0.15, -0.1) is 0 Å². The maximum absolute atomic E-state index is 11.7. The van der Waals surface area contributed by atoms with Crippen molar-refractivity contribution >= 4 is 10.9 Å². The zero-order chi connectivity index (χ0) is 10.1. The van der Waals surface area contributed by atoms with E-state index in [2.05, 4.69) is 4.98 Å². The van der Waals surface area contributed by atoms with Crippen LogP contribution in [0.25, 0.3) is 10.9 Å². The van der Waals surface area contributed by atoms with Gasteiger partial charge >= 0.3 is 0 Å². The summed E-state index contributed by atoms with van der Waals surface area (Å²) in [5, 5.41) is 9.56. The molecule has 4 heteroatoms. The standard InChI is InChI=1S/C10H10N2O2/c1-12-9(6-13)11-8-5-3-2-4-7(8)10(12)14/h2-5,13H,6H2,1H3. The molecule has 0 saturated carbocycles. The first kappa shape index (κ1) is 8.90. The van der Waals surface area contributed by atoms with Gasteiger partial charge in [0, 0.05) is 7.05 Å². The lowest BCUT2D eigenvalue weighted by Crippen LogP contribution is -2.22. The monoisotopic (exact) mass is 190 g/mol. The minimum atomic E-state index is -0.226. The molecule has 4 nitrogen and oxygen atoms in total. The van der Waals surface area contributed by atoms with Gasteiger partial charge in [-0.25, -0.2) is 4.98 Å². The van der Waals surface area contributed by atoms with E-state index < -0.39 is 0 Å². The van der Waals surface area contributed by atoms with Crippen molar-refractivity contribution < 1.29 is 5.11 Å². The molecule has 0 aliphatic carbocycles. The molecule has 1 aromatic heterocycles. The quantitative estimate of drug-likeness (QED) is 0.709. The molecule has 0 aliphatic rings. The van der Waals surface area contributed by atoms with Crippen molar-refractivity contribution in [2.45, 2.75) is 6.61 Å². The van der Waals surface area contributed by atoms with Gasteiger partial charge in [-0.2, -0.15) is 0 Å². The average molecular weight is 190 g/mol. The molecule has 2 aromatic rings. The molecule has 0 radical (unpaired) electrons. The minimum absolute atomic E-state index is 0.125. The molecule has 72 valence electrons. The van der Waals surface area contributed by atoms with Crippen LogP contribution in [-0.4, -0.2) is 14.7 Å². The van der Waals surface area contributed by atoms with Crippen molar-refractivity contribution in [3.05, 3.63) is 40.4 Å². The predicted octanol–water partition coefficient (Wildman–Crippen LogP) is 0.426. The summed E-state index contributed by atoms with van der Waals surface area (Å²) in [6.45, 7) is -0.226. The van der Waals surface area contributed by atoms with Gasteiger partial charge in [0.15, 0.2) is 0 Å². The fourth-order valence-electron chi connectivity index (χ4n) is 1.41. The fourth-order valence-corrected chi connectivity index (χ4v) is 1.41. The lowest BCUT2D eigenvalue weighted by Gasteiger charge is -2.05. The number of rotatable bonds is 1. The molecular weight excluding hydrogens is 180 g/mol. The molecule has 2 rings (SSSR count). The van der Waals surface area contributed by atoms with E-state index >= 15 is 0 Å². The van der Waals surface area contributed by atoms with E-state index in [0.717, 1.165) is 0 Å². The molecule has 1 aromatic carbocycles. The molecule has 0 atom stereocenters. The molecular formula is C10H10N2O2. The Balaban J connectivity index is 2.92. The third kappa shape index (κ3) is 1.20. The first-order chi connectivity index (χ1) is 6.74. The van der Waals surface area contributed by atoms with Gasteiger partial charge < -0.3 is 5.11 Å². The molecule has 0 fully saturated rings. The van der Waals surface area contributed by atoms with E-state index in [-0.39, 0.29) is 12.2 Å². The van der Waals surface area contributed by atoms with Gasteiger partial charge in [0.05, 0.1) is 10.9 Å². The van der Waals surface area contributed by atoms with Crippen molar-refractivity contribution in [2.75, 3.05) is 0 Å². The number of aromatic nitrogens is 2. The van der Waals surface area contributed by atoms with E-state index in [1.807, 2.05) is 6.07 Å². The number of para-hydroxylation sites is 1.